The molecule has 1 aliphatic rings. The lowest BCUT2D eigenvalue weighted by atomic mass is 10.2. The Balaban J connectivity index is 2.16. The van der Waals surface area contributed by atoms with Crippen LogP contribution in [0.5, 0.6) is 0 Å². The van der Waals surface area contributed by atoms with E-state index in [1.54, 1.807) is 6.92 Å². The van der Waals surface area contributed by atoms with E-state index in [0.717, 1.165) is 42.8 Å². The molecule has 0 radical (unpaired) electrons. The fraction of sp³-hybridized carbons (Fsp3) is 0.429. The predicted molar refractivity (Wildman–Crippen MR) is 77.9 cm³/mol. The number of rotatable bonds is 1. The summed E-state index contributed by atoms with van der Waals surface area (Å²) in [4.78, 5) is 15.5. The average Bonchev–Trinajstić information content (AvgIpc) is 2.63. The maximum absolute atomic E-state index is 11.4. The third-order valence-electron chi connectivity index (χ3n) is 3.32. The van der Waals surface area contributed by atoms with Gasteiger partial charge in [-0.3, -0.25) is 4.79 Å². The smallest absolute Gasteiger partial charge is 0.219 e. The zero-order valence-corrected chi connectivity index (χ0v) is 12.5. The van der Waals surface area contributed by atoms with Crippen LogP contribution in [-0.4, -0.2) is 37.0 Å². The molecule has 5 heteroatoms. The molecule has 1 heterocycles. The van der Waals surface area contributed by atoms with E-state index in [4.69, 9.17) is 5.26 Å². The molecule has 0 spiro atoms. The van der Waals surface area contributed by atoms with E-state index in [2.05, 4.69) is 26.9 Å². The molecule has 0 aromatic heterocycles. The lowest BCUT2D eigenvalue weighted by Crippen LogP contribution is -2.33. The van der Waals surface area contributed by atoms with Crippen LogP contribution >= 0.6 is 15.9 Å². The second-order valence-electron chi connectivity index (χ2n) is 4.66. The second kappa shape index (κ2) is 6.07. The molecule has 1 aromatic rings. The van der Waals surface area contributed by atoms with Crippen LogP contribution in [0, 0.1) is 11.3 Å². The highest BCUT2D eigenvalue weighted by Gasteiger charge is 2.17. The lowest BCUT2D eigenvalue weighted by Gasteiger charge is -2.23. The third-order valence-corrected chi connectivity index (χ3v) is 3.78. The van der Waals surface area contributed by atoms with Crippen LogP contribution in [0.15, 0.2) is 22.7 Å². The topological polar surface area (TPSA) is 47.3 Å². The van der Waals surface area contributed by atoms with Crippen molar-refractivity contribution < 1.29 is 4.79 Å². The Morgan fingerprint density at radius 1 is 1.26 bits per heavy atom. The zero-order chi connectivity index (χ0) is 13.8. The van der Waals surface area contributed by atoms with Gasteiger partial charge in [-0.15, -0.1) is 0 Å². The van der Waals surface area contributed by atoms with Crippen LogP contribution in [0.1, 0.15) is 18.9 Å². The van der Waals surface area contributed by atoms with Crippen LogP contribution in [0.4, 0.5) is 5.69 Å². The van der Waals surface area contributed by atoms with Crippen molar-refractivity contribution in [1.29, 1.82) is 5.26 Å². The Hall–Kier alpha value is -1.54. The molecule has 1 saturated heterocycles. The monoisotopic (exact) mass is 321 g/mol. The highest BCUT2D eigenvalue weighted by Crippen LogP contribution is 2.23. The molecule has 19 heavy (non-hydrogen) atoms. The first-order valence-corrected chi connectivity index (χ1v) is 7.10. The van der Waals surface area contributed by atoms with Crippen molar-refractivity contribution in [3.63, 3.8) is 0 Å². The highest BCUT2D eigenvalue weighted by atomic mass is 79.9. The van der Waals surface area contributed by atoms with E-state index in [1.807, 2.05) is 23.1 Å². The number of hydrogen-bond acceptors (Lipinski definition) is 3. The maximum atomic E-state index is 11.4. The van der Waals surface area contributed by atoms with Crippen molar-refractivity contribution in [2.24, 2.45) is 0 Å². The van der Waals surface area contributed by atoms with Crippen molar-refractivity contribution >= 4 is 27.5 Å². The standard InChI is InChI=1S/C14H16BrN3O/c1-11(19)17-3-2-4-18(6-5-17)14-8-12(10-16)7-13(15)9-14/h7-9H,2-6H2,1H3. The van der Waals surface area contributed by atoms with Gasteiger partial charge in [0.05, 0.1) is 11.6 Å². The predicted octanol–water partition coefficient (Wildman–Crippen LogP) is 2.38. The number of halogens is 1. The number of carbonyl (C=O) groups is 1. The SMILES string of the molecule is CC(=O)N1CCCN(c2cc(Br)cc(C#N)c2)CC1. The van der Waals surface area contributed by atoms with Crippen molar-refractivity contribution in [3.8, 4) is 6.07 Å². The molecule has 1 fully saturated rings. The minimum absolute atomic E-state index is 0.133. The quantitative estimate of drug-likeness (QED) is 0.797. The van der Waals surface area contributed by atoms with E-state index in [0.29, 0.717) is 5.56 Å². The van der Waals surface area contributed by atoms with Crippen LogP contribution in [-0.2, 0) is 4.79 Å². The van der Waals surface area contributed by atoms with Gasteiger partial charge in [-0.2, -0.15) is 5.26 Å². The van der Waals surface area contributed by atoms with Gasteiger partial charge in [0, 0.05) is 43.3 Å². The molecular weight excluding hydrogens is 306 g/mol. The zero-order valence-electron chi connectivity index (χ0n) is 10.9. The number of anilines is 1. The van der Waals surface area contributed by atoms with Crippen molar-refractivity contribution in [2.75, 3.05) is 31.1 Å². The molecule has 1 aliphatic heterocycles. The molecule has 0 aliphatic carbocycles. The number of hydrogen-bond donors (Lipinski definition) is 0. The summed E-state index contributed by atoms with van der Waals surface area (Å²) in [5.74, 6) is 0.133. The minimum Gasteiger partial charge on any atom is -0.370 e. The molecule has 0 unspecified atom stereocenters. The highest BCUT2D eigenvalue weighted by molar-refractivity contribution is 9.10. The summed E-state index contributed by atoms with van der Waals surface area (Å²) in [7, 11) is 0. The van der Waals surface area contributed by atoms with Crippen LogP contribution in [0.3, 0.4) is 0 Å². The van der Waals surface area contributed by atoms with E-state index in [9.17, 15) is 4.79 Å². The Bertz CT molecular complexity index is 524. The van der Waals surface area contributed by atoms with E-state index in [1.165, 1.54) is 0 Å². The van der Waals surface area contributed by atoms with E-state index < -0.39 is 0 Å². The minimum atomic E-state index is 0.133. The molecule has 0 bridgehead atoms. The lowest BCUT2D eigenvalue weighted by molar-refractivity contribution is -0.128. The summed E-state index contributed by atoms with van der Waals surface area (Å²) in [6, 6.07) is 7.89. The van der Waals surface area contributed by atoms with Gasteiger partial charge in [0.25, 0.3) is 0 Å². The van der Waals surface area contributed by atoms with Gasteiger partial charge in [-0.05, 0) is 24.6 Å². The summed E-state index contributed by atoms with van der Waals surface area (Å²) >= 11 is 3.43. The molecule has 1 amide bonds. The summed E-state index contributed by atoms with van der Waals surface area (Å²) in [5, 5.41) is 9.01. The molecule has 4 nitrogen and oxygen atoms in total. The Labute approximate surface area is 121 Å². The van der Waals surface area contributed by atoms with Gasteiger partial charge in [0.1, 0.15) is 0 Å². The fourth-order valence-corrected chi connectivity index (χ4v) is 2.79. The molecule has 2 rings (SSSR count). The largest absolute Gasteiger partial charge is 0.370 e. The number of carbonyl (C=O) groups excluding carboxylic acids is 1. The van der Waals surface area contributed by atoms with Gasteiger partial charge in [-0.1, -0.05) is 15.9 Å². The van der Waals surface area contributed by atoms with Crippen molar-refractivity contribution in [1.82, 2.24) is 4.90 Å². The van der Waals surface area contributed by atoms with Crippen LogP contribution in [0.2, 0.25) is 0 Å². The Morgan fingerprint density at radius 3 is 2.74 bits per heavy atom. The van der Waals surface area contributed by atoms with Crippen molar-refractivity contribution in [3.05, 3.63) is 28.2 Å². The van der Waals surface area contributed by atoms with Crippen LogP contribution in [0.25, 0.3) is 0 Å². The van der Waals surface area contributed by atoms with E-state index in [-0.39, 0.29) is 5.91 Å². The van der Waals surface area contributed by atoms with E-state index >= 15 is 0 Å². The van der Waals surface area contributed by atoms with Gasteiger partial charge >= 0.3 is 0 Å². The van der Waals surface area contributed by atoms with Crippen molar-refractivity contribution in [2.45, 2.75) is 13.3 Å². The van der Waals surface area contributed by atoms with Gasteiger partial charge in [0.2, 0.25) is 5.91 Å². The Kier molecular flexibility index (Phi) is 4.43. The average molecular weight is 322 g/mol. The number of benzene rings is 1. The van der Waals surface area contributed by atoms with Crippen LogP contribution < -0.4 is 4.90 Å². The molecule has 0 N–H and O–H groups in total. The third kappa shape index (κ3) is 3.48. The molecular formula is C14H16BrN3O. The van der Waals surface area contributed by atoms with Gasteiger partial charge in [0.15, 0.2) is 0 Å². The summed E-state index contributed by atoms with van der Waals surface area (Å²) in [6.07, 6.45) is 0.952. The molecule has 0 atom stereocenters. The van der Waals surface area contributed by atoms with Gasteiger partial charge < -0.3 is 9.80 Å². The normalized spacial score (nSPS) is 15.8. The summed E-state index contributed by atoms with van der Waals surface area (Å²) < 4.78 is 0.911. The first-order chi connectivity index (χ1) is 9.10. The first-order valence-electron chi connectivity index (χ1n) is 6.31. The first kappa shape index (κ1) is 13.9. The summed E-state index contributed by atoms with van der Waals surface area (Å²) in [6.45, 7) is 4.88. The number of nitrogens with zero attached hydrogens (tertiary/aromatic N) is 3. The number of amides is 1. The molecule has 100 valence electrons. The Morgan fingerprint density at radius 2 is 2.05 bits per heavy atom. The number of nitriles is 1. The van der Waals surface area contributed by atoms with Gasteiger partial charge in [-0.25, -0.2) is 0 Å². The second-order valence-corrected chi connectivity index (χ2v) is 5.57. The molecule has 1 aromatic carbocycles. The fourth-order valence-electron chi connectivity index (χ4n) is 2.31. The maximum Gasteiger partial charge on any atom is 0.219 e. The summed E-state index contributed by atoms with van der Waals surface area (Å²) in [5.41, 5.74) is 1.69. The molecule has 0 saturated carbocycles.